The predicted octanol–water partition coefficient (Wildman–Crippen LogP) is 3.98. The molecule has 8 heteroatoms. The number of nitrogens with zero attached hydrogens (tertiary/aromatic N) is 1. The molecule has 3 atom stereocenters. The Balaban J connectivity index is 1.29. The van der Waals surface area contributed by atoms with Crippen LogP contribution in [0.15, 0.2) is 51.7 Å². The van der Waals surface area contributed by atoms with Gasteiger partial charge in [0.05, 0.1) is 5.60 Å². The maximum atomic E-state index is 13.7. The molecule has 1 saturated carbocycles. The predicted molar refractivity (Wildman–Crippen MR) is 152 cm³/mol. The van der Waals surface area contributed by atoms with Crippen LogP contribution in [-0.2, 0) is 16.0 Å². The van der Waals surface area contributed by atoms with Crippen LogP contribution >= 0.6 is 0 Å². The zero-order chi connectivity index (χ0) is 28.4. The molecule has 1 aliphatic heterocycles. The van der Waals surface area contributed by atoms with Crippen LogP contribution < -0.4 is 15.7 Å². The molecule has 0 bridgehead atoms. The molecule has 212 valence electrons. The molecule has 2 N–H and O–H groups in total. The largest absolute Gasteiger partial charge is 0.483 e. The number of likely N-dealkylation sites (tertiary alicyclic amines) is 1. The van der Waals surface area contributed by atoms with Crippen LogP contribution in [0.2, 0.25) is 0 Å². The first-order valence-corrected chi connectivity index (χ1v) is 14.2. The Morgan fingerprint density at radius 3 is 2.62 bits per heavy atom. The van der Waals surface area contributed by atoms with Gasteiger partial charge in [0.1, 0.15) is 17.4 Å². The molecule has 8 nitrogen and oxygen atoms in total. The lowest BCUT2D eigenvalue weighted by atomic mass is 9.71. The van der Waals surface area contributed by atoms with E-state index in [9.17, 15) is 19.5 Å². The summed E-state index contributed by atoms with van der Waals surface area (Å²) in [6.45, 7) is 6.09. The van der Waals surface area contributed by atoms with Gasteiger partial charge >= 0.3 is 5.63 Å². The molecule has 0 spiro atoms. The van der Waals surface area contributed by atoms with Gasteiger partial charge in [-0.05, 0) is 63.3 Å². The lowest BCUT2D eigenvalue weighted by molar-refractivity contribution is -0.147. The van der Waals surface area contributed by atoms with Crippen LogP contribution in [0.1, 0.15) is 54.4 Å². The number of ether oxygens (including phenoxy) is 1. The highest BCUT2D eigenvalue weighted by Crippen LogP contribution is 2.40. The molecule has 40 heavy (non-hydrogen) atoms. The van der Waals surface area contributed by atoms with Gasteiger partial charge < -0.3 is 24.5 Å². The Hall–Kier alpha value is -3.65. The van der Waals surface area contributed by atoms with Gasteiger partial charge in [0.2, 0.25) is 5.91 Å². The third kappa shape index (κ3) is 5.63. The van der Waals surface area contributed by atoms with E-state index in [0.717, 1.165) is 42.2 Å². The van der Waals surface area contributed by atoms with E-state index >= 15 is 0 Å². The van der Waals surface area contributed by atoms with E-state index in [1.807, 2.05) is 43.3 Å². The van der Waals surface area contributed by atoms with E-state index in [1.54, 1.807) is 24.8 Å². The van der Waals surface area contributed by atoms with Crippen molar-refractivity contribution in [1.29, 1.82) is 0 Å². The second-order valence-corrected chi connectivity index (χ2v) is 11.4. The van der Waals surface area contributed by atoms with Crippen LogP contribution in [0.4, 0.5) is 0 Å². The smallest absolute Gasteiger partial charge is 0.339 e. The van der Waals surface area contributed by atoms with E-state index in [1.165, 1.54) is 0 Å². The molecule has 1 aliphatic carbocycles. The number of carbonyl (C=O) groups excluding carboxylic acids is 2. The van der Waals surface area contributed by atoms with Gasteiger partial charge in [-0.3, -0.25) is 9.59 Å². The van der Waals surface area contributed by atoms with Crippen molar-refractivity contribution in [2.75, 3.05) is 19.7 Å². The maximum absolute atomic E-state index is 13.7. The Morgan fingerprint density at radius 1 is 1.07 bits per heavy atom. The second kappa shape index (κ2) is 11.5. The van der Waals surface area contributed by atoms with Crippen LogP contribution in [0.25, 0.3) is 11.0 Å². The van der Waals surface area contributed by atoms with Crippen molar-refractivity contribution < 1.29 is 23.8 Å². The van der Waals surface area contributed by atoms with Crippen molar-refractivity contribution in [3.8, 4) is 5.75 Å². The lowest BCUT2D eigenvalue weighted by Crippen LogP contribution is -2.58. The van der Waals surface area contributed by atoms with E-state index in [4.69, 9.17) is 9.15 Å². The van der Waals surface area contributed by atoms with Gasteiger partial charge in [0, 0.05) is 41.9 Å². The Bertz CT molecular complexity index is 1470. The average Bonchev–Trinajstić information content (AvgIpc) is 2.95. The van der Waals surface area contributed by atoms with E-state index in [-0.39, 0.29) is 18.4 Å². The van der Waals surface area contributed by atoms with Crippen molar-refractivity contribution in [2.45, 2.75) is 70.9 Å². The number of hydrogen-bond acceptors (Lipinski definition) is 6. The fourth-order valence-corrected chi connectivity index (χ4v) is 6.20. The SMILES string of the molecule is Cc1c(C)c2ccc(OCC(=O)NC(Cc3ccccc3)C(=O)N3CCC4(O)CCCCC4C3)c(C)c2oc1=O. The highest BCUT2D eigenvalue weighted by molar-refractivity contribution is 5.89. The Morgan fingerprint density at radius 2 is 1.85 bits per heavy atom. The molecule has 1 aromatic heterocycles. The summed E-state index contributed by atoms with van der Waals surface area (Å²) in [5.74, 6) is -0.0489. The summed E-state index contributed by atoms with van der Waals surface area (Å²) in [6.07, 6.45) is 4.71. The summed E-state index contributed by atoms with van der Waals surface area (Å²) in [7, 11) is 0. The fraction of sp³-hybridized carbons (Fsp3) is 0.469. The lowest BCUT2D eigenvalue weighted by Gasteiger charge is -2.48. The molecule has 5 rings (SSSR count). The number of aryl methyl sites for hydroxylation is 2. The highest BCUT2D eigenvalue weighted by Gasteiger charge is 2.44. The molecule has 2 fully saturated rings. The molecule has 1 saturated heterocycles. The second-order valence-electron chi connectivity index (χ2n) is 11.4. The molecular formula is C32H38N2O6. The molecule has 2 heterocycles. The number of aliphatic hydroxyl groups is 1. The van der Waals surface area contributed by atoms with Crippen molar-refractivity contribution in [2.24, 2.45) is 5.92 Å². The Kier molecular flexibility index (Phi) is 7.99. The first kappa shape index (κ1) is 27.9. The number of carbonyl (C=O) groups is 2. The number of benzene rings is 2. The van der Waals surface area contributed by atoms with Crippen molar-refractivity contribution in [3.05, 3.63) is 75.1 Å². The monoisotopic (exact) mass is 546 g/mol. The third-order valence-corrected chi connectivity index (χ3v) is 8.84. The quantitative estimate of drug-likeness (QED) is 0.434. The molecule has 2 aromatic carbocycles. The minimum Gasteiger partial charge on any atom is -0.483 e. The normalized spacial score (nSPS) is 21.5. The minimum absolute atomic E-state index is 0.0683. The zero-order valence-corrected chi connectivity index (χ0v) is 23.5. The maximum Gasteiger partial charge on any atom is 0.339 e. The molecule has 3 aromatic rings. The molecule has 2 aliphatic rings. The number of hydrogen-bond donors (Lipinski definition) is 2. The molecule has 3 unspecified atom stereocenters. The van der Waals surface area contributed by atoms with E-state index in [0.29, 0.717) is 48.4 Å². The summed E-state index contributed by atoms with van der Waals surface area (Å²) in [5, 5.41) is 14.8. The van der Waals surface area contributed by atoms with Crippen LogP contribution in [0.3, 0.4) is 0 Å². The number of nitrogens with one attached hydrogen (secondary N) is 1. The van der Waals surface area contributed by atoms with Crippen molar-refractivity contribution >= 4 is 22.8 Å². The third-order valence-electron chi connectivity index (χ3n) is 8.84. The fourth-order valence-electron chi connectivity index (χ4n) is 6.20. The summed E-state index contributed by atoms with van der Waals surface area (Å²) in [5.41, 5.74) is 2.36. The van der Waals surface area contributed by atoms with Crippen molar-refractivity contribution in [3.63, 3.8) is 0 Å². The Labute approximate surface area is 234 Å². The summed E-state index contributed by atoms with van der Waals surface area (Å²) < 4.78 is 11.4. The van der Waals surface area contributed by atoms with Crippen molar-refractivity contribution in [1.82, 2.24) is 10.2 Å². The summed E-state index contributed by atoms with van der Waals surface area (Å²) >= 11 is 0. The van der Waals surface area contributed by atoms with Gasteiger partial charge in [0.15, 0.2) is 6.61 Å². The average molecular weight is 547 g/mol. The summed E-state index contributed by atoms with van der Waals surface area (Å²) in [6, 6.07) is 12.5. The van der Waals surface area contributed by atoms with Crippen LogP contribution in [0.5, 0.6) is 5.75 Å². The molecular weight excluding hydrogens is 508 g/mol. The first-order chi connectivity index (χ1) is 19.2. The van der Waals surface area contributed by atoms with Gasteiger partial charge in [-0.25, -0.2) is 4.79 Å². The van der Waals surface area contributed by atoms with Crippen LogP contribution in [0, 0.1) is 26.7 Å². The minimum atomic E-state index is -0.755. The molecule has 0 radical (unpaired) electrons. The van der Waals surface area contributed by atoms with Gasteiger partial charge in [-0.2, -0.15) is 0 Å². The van der Waals surface area contributed by atoms with Crippen LogP contribution in [-0.4, -0.2) is 53.2 Å². The topological polar surface area (TPSA) is 109 Å². The van der Waals surface area contributed by atoms with Gasteiger partial charge in [0.25, 0.3) is 5.91 Å². The first-order valence-electron chi connectivity index (χ1n) is 14.2. The van der Waals surface area contributed by atoms with E-state index < -0.39 is 23.2 Å². The number of amides is 2. The zero-order valence-electron chi connectivity index (χ0n) is 23.5. The van der Waals surface area contributed by atoms with E-state index in [2.05, 4.69) is 5.32 Å². The van der Waals surface area contributed by atoms with Gasteiger partial charge in [-0.15, -0.1) is 0 Å². The standard InChI is InChI=1S/C32H38N2O6/c1-20-21(2)31(37)40-29-22(3)27(13-12-25(20)29)39-19-28(35)33-26(17-23-9-5-4-6-10-23)30(36)34-16-15-32(38)14-8-7-11-24(32)18-34/h4-6,9-10,12-13,24,26,38H,7-8,11,14-19H2,1-3H3,(H,33,35). The molecule has 2 amide bonds. The number of fused-ring (bicyclic) bond motifs is 2. The number of rotatable bonds is 7. The van der Waals surface area contributed by atoms with Gasteiger partial charge in [-0.1, -0.05) is 43.2 Å². The highest BCUT2D eigenvalue weighted by atomic mass is 16.5. The summed E-state index contributed by atoms with van der Waals surface area (Å²) in [4.78, 5) is 40.8. The number of piperidine rings is 1.